The van der Waals surface area contributed by atoms with Crippen molar-refractivity contribution in [3.8, 4) is 0 Å². The molecule has 0 aromatic carbocycles. The van der Waals surface area contributed by atoms with E-state index in [0.717, 1.165) is 5.57 Å². The molecule has 0 aromatic rings. The summed E-state index contributed by atoms with van der Waals surface area (Å²) in [7, 11) is 0. The van der Waals surface area contributed by atoms with Crippen molar-refractivity contribution < 1.29 is 24.2 Å². The Hall–Kier alpha value is -1.96. The number of hydrogen-bond donors (Lipinski definition) is 2. The van der Waals surface area contributed by atoms with Gasteiger partial charge in [-0.05, 0) is 18.2 Å². The average molecular weight is 352 g/mol. The number of carbonyl (C=O) groups excluding carboxylic acids is 2. The first-order valence-corrected chi connectivity index (χ1v) is 8.44. The molecule has 0 spiro atoms. The van der Waals surface area contributed by atoms with E-state index >= 15 is 0 Å². The number of aliphatic hydroxyl groups is 1. The summed E-state index contributed by atoms with van der Waals surface area (Å²) >= 11 is 0. The van der Waals surface area contributed by atoms with Crippen LogP contribution in [0.2, 0.25) is 0 Å². The molecule has 1 aliphatic heterocycles. The summed E-state index contributed by atoms with van der Waals surface area (Å²) < 4.78 is 10.6. The van der Waals surface area contributed by atoms with E-state index in [9.17, 15) is 9.59 Å². The van der Waals surface area contributed by atoms with Gasteiger partial charge in [-0.2, -0.15) is 0 Å². The van der Waals surface area contributed by atoms with Gasteiger partial charge in [0.15, 0.2) is 0 Å². The fourth-order valence-electron chi connectivity index (χ4n) is 2.23. The number of ether oxygens (including phenoxy) is 2. The molecule has 0 saturated carbocycles. The molecule has 0 radical (unpaired) electrons. The highest BCUT2D eigenvalue weighted by molar-refractivity contribution is 5.94. The molecule has 7 nitrogen and oxygen atoms in total. The zero-order valence-electron chi connectivity index (χ0n) is 14.8. The second-order valence-corrected chi connectivity index (χ2v) is 5.57. The lowest BCUT2D eigenvalue weighted by Gasteiger charge is -2.20. The normalized spacial score (nSPS) is 19.1. The zero-order valence-corrected chi connectivity index (χ0v) is 14.8. The number of imide groups is 1. The number of amides is 2. The van der Waals surface area contributed by atoms with Crippen LogP contribution in [-0.4, -0.2) is 67.9 Å². The van der Waals surface area contributed by atoms with Crippen molar-refractivity contribution in [2.75, 3.05) is 46.1 Å². The van der Waals surface area contributed by atoms with Crippen LogP contribution in [0.15, 0.2) is 36.1 Å². The Balaban J connectivity index is 2.47. The number of hydrogen-bond acceptors (Lipinski definition) is 6. The number of nitrogens with one attached hydrogen (secondary N) is 1. The molecule has 0 aromatic heterocycles. The zero-order chi connectivity index (χ0) is 18.3. The van der Waals surface area contributed by atoms with Gasteiger partial charge in [-0.25, -0.2) is 0 Å². The van der Waals surface area contributed by atoms with Crippen LogP contribution in [0.25, 0.3) is 0 Å². The Morgan fingerprint density at radius 1 is 1.16 bits per heavy atom. The Labute approximate surface area is 149 Å². The van der Waals surface area contributed by atoms with Gasteiger partial charge in [-0.3, -0.25) is 14.9 Å². The SMILES string of the molecule is CC(=O)NC(=O)C/C1=C/N(CCOCCOCCO)C/C=C\C=C/C1. The largest absolute Gasteiger partial charge is 0.394 e. The van der Waals surface area contributed by atoms with Crippen LogP contribution in [0, 0.1) is 0 Å². The van der Waals surface area contributed by atoms with Gasteiger partial charge in [0, 0.05) is 20.0 Å². The molecule has 2 amide bonds. The van der Waals surface area contributed by atoms with Crippen molar-refractivity contribution in [2.45, 2.75) is 19.8 Å². The number of nitrogens with zero attached hydrogens (tertiary/aromatic N) is 1. The Morgan fingerprint density at radius 2 is 1.88 bits per heavy atom. The average Bonchev–Trinajstić information content (AvgIpc) is 2.65. The van der Waals surface area contributed by atoms with E-state index in [1.807, 2.05) is 30.5 Å². The highest BCUT2D eigenvalue weighted by Gasteiger charge is 2.09. The monoisotopic (exact) mass is 352 g/mol. The van der Waals surface area contributed by atoms with Crippen molar-refractivity contribution in [3.63, 3.8) is 0 Å². The molecule has 1 aliphatic rings. The predicted molar refractivity (Wildman–Crippen MR) is 94.7 cm³/mol. The van der Waals surface area contributed by atoms with Crippen molar-refractivity contribution in [1.29, 1.82) is 0 Å². The molecule has 0 bridgehead atoms. The third-order valence-electron chi connectivity index (χ3n) is 3.30. The third-order valence-corrected chi connectivity index (χ3v) is 3.30. The topological polar surface area (TPSA) is 88.1 Å². The molecule has 7 heteroatoms. The molecule has 25 heavy (non-hydrogen) atoms. The van der Waals surface area contributed by atoms with Gasteiger partial charge in [0.25, 0.3) is 0 Å². The molecule has 0 atom stereocenters. The smallest absolute Gasteiger partial charge is 0.230 e. The first kappa shape index (κ1) is 21.1. The molecular weight excluding hydrogens is 324 g/mol. The van der Waals surface area contributed by atoms with Crippen LogP contribution >= 0.6 is 0 Å². The molecule has 1 heterocycles. The van der Waals surface area contributed by atoms with Crippen molar-refractivity contribution in [3.05, 3.63) is 36.1 Å². The van der Waals surface area contributed by atoms with Crippen LogP contribution in [0.4, 0.5) is 0 Å². The lowest BCUT2D eigenvalue weighted by Crippen LogP contribution is -2.29. The van der Waals surface area contributed by atoms with Crippen molar-refractivity contribution in [2.24, 2.45) is 0 Å². The number of rotatable bonds is 10. The Bertz CT molecular complexity index is 500. The fourth-order valence-corrected chi connectivity index (χ4v) is 2.23. The summed E-state index contributed by atoms with van der Waals surface area (Å²) in [6.45, 7) is 4.52. The molecule has 0 fully saturated rings. The minimum atomic E-state index is -0.348. The summed E-state index contributed by atoms with van der Waals surface area (Å²) in [5.74, 6) is -0.642. The van der Waals surface area contributed by atoms with Crippen molar-refractivity contribution in [1.82, 2.24) is 10.2 Å². The summed E-state index contributed by atoms with van der Waals surface area (Å²) in [5.41, 5.74) is 0.935. The molecule has 1 rings (SSSR count). The lowest BCUT2D eigenvalue weighted by molar-refractivity contribution is -0.128. The maximum absolute atomic E-state index is 11.8. The third kappa shape index (κ3) is 11.3. The van der Waals surface area contributed by atoms with E-state index in [0.29, 0.717) is 45.9 Å². The first-order valence-electron chi connectivity index (χ1n) is 8.44. The van der Waals surface area contributed by atoms with E-state index in [2.05, 4.69) is 10.2 Å². The molecule has 140 valence electrons. The number of carbonyl (C=O) groups is 2. The van der Waals surface area contributed by atoms with Gasteiger partial charge in [-0.15, -0.1) is 0 Å². The van der Waals surface area contributed by atoms with Gasteiger partial charge >= 0.3 is 0 Å². The highest BCUT2D eigenvalue weighted by Crippen LogP contribution is 2.12. The molecule has 0 unspecified atom stereocenters. The second kappa shape index (κ2) is 13.3. The minimum Gasteiger partial charge on any atom is -0.394 e. The van der Waals surface area contributed by atoms with Crippen molar-refractivity contribution >= 4 is 11.8 Å². The van der Waals surface area contributed by atoms with E-state index in [4.69, 9.17) is 14.6 Å². The standard InChI is InChI=1S/C18H28N2O5/c1-16(22)19-18(23)14-17-6-4-2-3-5-7-20(15-17)8-10-24-12-13-25-11-9-21/h2-5,15,21H,6-14H2,1H3,(H,19,22,23)/b4-2-,5-3-,17-15+. The predicted octanol–water partition coefficient (Wildman–Crippen LogP) is 0.767. The fraction of sp³-hybridized carbons (Fsp3) is 0.556. The van der Waals surface area contributed by atoms with Gasteiger partial charge in [0.05, 0.1) is 39.5 Å². The van der Waals surface area contributed by atoms with Crippen LogP contribution in [-0.2, 0) is 19.1 Å². The summed E-state index contributed by atoms with van der Waals surface area (Å²) in [4.78, 5) is 24.9. The first-order chi connectivity index (χ1) is 12.1. The summed E-state index contributed by atoms with van der Waals surface area (Å²) in [6.07, 6.45) is 10.8. The molecule has 0 aliphatic carbocycles. The Morgan fingerprint density at radius 3 is 2.60 bits per heavy atom. The molecule has 0 saturated heterocycles. The van der Waals surface area contributed by atoms with Crippen LogP contribution in [0.3, 0.4) is 0 Å². The number of allylic oxidation sites excluding steroid dienone is 3. The van der Waals surface area contributed by atoms with Crippen LogP contribution in [0.5, 0.6) is 0 Å². The van der Waals surface area contributed by atoms with Gasteiger partial charge in [-0.1, -0.05) is 24.3 Å². The molecular formula is C18H28N2O5. The van der Waals surface area contributed by atoms with Gasteiger partial charge in [0.2, 0.25) is 11.8 Å². The number of aliphatic hydroxyl groups excluding tert-OH is 1. The maximum atomic E-state index is 11.8. The summed E-state index contributed by atoms with van der Waals surface area (Å²) in [5, 5.41) is 10.9. The molecule has 2 N–H and O–H groups in total. The van der Waals surface area contributed by atoms with E-state index < -0.39 is 0 Å². The quantitative estimate of drug-likeness (QED) is 0.565. The highest BCUT2D eigenvalue weighted by atomic mass is 16.5. The maximum Gasteiger partial charge on any atom is 0.230 e. The Kier molecular flexibility index (Phi) is 11.3. The lowest BCUT2D eigenvalue weighted by atomic mass is 10.1. The van der Waals surface area contributed by atoms with Crippen LogP contribution in [0.1, 0.15) is 19.8 Å². The van der Waals surface area contributed by atoms with E-state index in [1.165, 1.54) is 6.92 Å². The van der Waals surface area contributed by atoms with Gasteiger partial charge < -0.3 is 19.5 Å². The summed E-state index contributed by atoms with van der Waals surface area (Å²) in [6, 6.07) is 0. The van der Waals surface area contributed by atoms with Crippen LogP contribution < -0.4 is 5.32 Å². The van der Waals surface area contributed by atoms with Gasteiger partial charge in [0.1, 0.15) is 0 Å². The van der Waals surface area contributed by atoms with E-state index in [1.54, 1.807) is 0 Å². The second-order valence-electron chi connectivity index (χ2n) is 5.57. The van der Waals surface area contributed by atoms with E-state index in [-0.39, 0.29) is 24.8 Å². The minimum absolute atomic E-state index is 0.0128.